The molecule has 2 N–H and O–H groups in total. The van der Waals surface area contributed by atoms with E-state index in [1.807, 2.05) is 12.1 Å². The summed E-state index contributed by atoms with van der Waals surface area (Å²) in [4.78, 5) is 0.419. The van der Waals surface area contributed by atoms with Crippen LogP contribution in [-0.2, 0) is 9.84 Å². The summed E-state index contributed by atoms with van der Waals surface area (Å²) in [6.07, 6.45) is 2.03. The number of rotatable bonds is 3. The molecule has 2 rings (SSSR count). The molecule has 0 aromatic heterocycles. The van der Waals surface area contributed by atoms with Crippen molar-refractivity contribution >= 4 is 9.84 Å². The Morgan fingerprint density at radius 3 is 2.25 bits per heavy atom. The average Bonchev–Trinajstić information content (AvgIpc) is 2.25. The first-order valence-electron chi connectivity index (χ1n) is 5.61. The fourth-order valence-corrected chi connectivity index (χ4v) is 2.93. The predicted molar refractivity (Wildman–Crippen MR) is 64.1 cm³/mol. The lowest BCUT2D eigenvalue weighted by molar-refractivity contribution is 0.351. The zero-order valence-corrected chi connectivity index (χ0v) is 10.2. The van der Waals surface area contributed by atoms with Crippen LogP contribution >= 0.6 is 0 Å². The highest BCUT2D eigenvalue weighted by Gasteiger charge is 2.27. The third-order valence-electron chi connectivity index (χ3n) is 3.27. The Bertz CT molecular complexity index is 458. The molecule has 4 heteroatoms. The maximum Gasteiger partial charge on any atom is 0.178 e. The molecular weight excluding hydrogens is 222 g/mol. The van der Waals surface area contributed by atoms with Gasteiger partial charge in [0, 0.05) is 6.04 Å². The molecule has 0 bridgehead atoms. The lowest BCUT2D eigenvalue weighted by Gasteiger charge is -2.32. The topological polar surface area (TPSA) is 60.2 Å². The molecule has 1 aliphatic carbocycles. The van der Waals surface area contributed by atoms with Crippen LogP contribution in [-0.4, -0.2) is 20.2 Å². The number of hydrogen-bond donors (Lipinski definition) is 1. The molecule has 1 saturated carbocycles. The van der Waals surface area contributed by atoms with E-state index in [1.54, 1.807) is 19.1 Å². The first-order chi connectivity index (χ1) is 7.53. The Kier molecular flexibility index (Phi) is 3.04. The number of sulfone groups is 1. The van der Waals surface area contributed by atoms with E-state index in [-0.39, 0.29) is 5.75 Å². The van der Waals surface area contributed by atoms with Crippen LogP contribution in [0.3, 0.4) is 0 Å². The monoisotopic (exact) mass is 239 g/mol. The molecule has 1 aliphatic rings. The molecule has 0 radical (unpaired) electrons. The van der Waals surface area contributed by atoms with Gasteiger partial charge >= 0.3 is 0 Å². The van der Waals surface area contributed by atoms with E-state index in [0.717, 1.165) is 12.8 Å². The molecule has 1 aromatic rings. The lowest BCUT2D eigenvalue weighted by atomic mass is 9.76. The van der Waals surface area contributed by atoms with Crippen LogP contribution in [0, 0.1) is 0 Å². The van der Waals surface area contributed by atoms with Crippen LogP contribution in [0.25, 0.3) is 0 Å². The predicted octanol–water partition coefficient (Wildman–Crippen LogP) is 1.68. The summed E-state index contributed by atoms with van der Waals surface area (Å²) in [7, 11) is -3.06. The van der Waals surface area contributed by atoms with Crippen LogP contribution in [0.15, 0.2) is 29.2 Å². The fraction of sp³-hybridized carbons (Fsp3) is 0.500. The van der Waals surface area contributed by atoms with Crippen molar-refractivity contribution in [1.82, 2.24) is 0 Å². The smallest absolute Gasteiger partial charge is 0.178 e. The summed E-state index contributed by atoms with van der Waals surface area (Å²) in [5.74, 6) is 0.675. The van der Waals surface area contributed by atoms with Crippen LogP contribution < -0.4 is 5.73 Å². The molecule has 1 fully saturated rings. The number of benzene rings is 1. The van der Waals surface area contributed by atoms with Crippen molar-refractivity contribution in [1.29, 1.82) is 0 Å². The molecule has 16 heavy (non-hydrogen) atoms. The van der Waals surface area contributed by atoms with Crippen molar-refractivity contribution in [3.8, 4) is 0 Å². The van der Waals surface area contributed by atoms with Crippen molar-refractivity contribution in [3.63, 3.8) is 0 Å². The van der Waals surface area contributed by atoms with E-state index in [9.17, 15) is 8.42 Å². The first kappa shape index (κ1) is 11.6. The SMILES string of the molecule is CCS(=O)(=O)c1ccc(C2CC(N)C2)cc1. The summed E-state index contributed by atoms with van der Waals surface area (Å²) in [6.45, 7) is 1.66. The molecule has 0 heterocycles. The van der Waals surface area contributed by atoms with Gasteiger partial charge in [-0.1, -0.05) is 19.1 Å². The lowest BCUT2D eigenvalue weighted by Crippen LogP contribution is -2.34. The van der Waals surface area contributed by atoms with Crippen LogP contribution in [0.1, 0.15) is 31.2 Å². The maximum atomic E-state index is 11.6. The molecule has 88 valence electrons. The van der Waals surface area contributed by atoms with E-state index >= 15 is 0 Å². The standard InChI is InChI=1S/C12H17NO2S/c1-2-16(14,15)12-5-3-9(4-6-12)10-7-11(13)8-10/h3-6,10-11H,2,7-8,13H2,1H3. The Labute approximate surface area is 96.6 Å². The molecule has 0 amide bonds. The van der Waals surface area contributed by atoms with Crippen molar-refractivity contribution in [2.24, 2.45) is 5.73 Å². The first-order valence-corrected chi connectivity index (χ1v) is 7.26. The van der Waals surface area contributed by atoms with Crippen molar-refractivity contribution in [3.05, 3.63) is 29.8 Å². The third-order valence-corrected chi connectivity index (χ3v) is 5.02. The highest BCUT2D eigenvalue weighted by molar-refractivity contribution is 7.91. The van der Waals surface area contributed by atoms with Crippen molar-refractivity contribution in [2.45, 2.75) is 36.6 Å². The van der Waals surface area contributed by atoms with Gasteiger partial charge in [-0.25, -0.2) is 8.42 Å². The van der Waals surface area contributed by atoms with Crippen molar-refractivity contribution in [2.75, 3.05) is 5.75 Å². The van der Waals surface area contributed by atoms with Crippen LogP contribution in [0.5, 0.6) is 0 Å². The van der Waals surface area contributed by atoms with Gasteiger partial charge in [-0.05, 0) is 36.5 Å². The Morgan fingerprint density at radius 2 is 1.81 bits per heavy atom. The van der Waals surface area contributed by atoms with Gasteiger partial charge in [-0.2, -0.15) is 0 Å². The van der Waals surface area contributed by atoms with E-state index in [2.05, 4.69) is 0 Å². The quantitative estimate of drug-likeness (QED) is 0.873. The summed E-state index contributed by atoms with van der Waals surface area (Å²) < 4.78 is 23.2. The van der Waals surface area contributed by atoms with Gasteiger partial charge < -0.3 is 5.73 Å². The number of hydrogen-bond acceptors (Lipinski definition) is 3. The van der Waals surface area contributed by atoms with E-state index < -0.39 is 9.84 Å². The molecule has 0 saturated heterocycles. The second-order valence-electron chi connectivity index (χ2n) is 4.40. The number of nitrogens with two attached hydrogens (primary N) is 1. The fourth-order valence-electron chi connectivity index (χ4n) is 2.05. The van der Waals surface area contributed by atoms with Gasteiger partial charge in [0.05, 0.1) is 10.6 Å². The van der Waals surface area contributed by atoms with Gasteiger partial charge in [-0.3, -0.25) is 0 Å². The molecule has 0 spiro atoms. The highest BCUT2D eigenvalue weighted by atomic mass is 32.2. The zero-order valence-electron chi connectivity index (χ0n) is 9.39. The Morgan fingerprint density at radius 1 is 1.25 bits per heavy atom. The minimum Gasteiger partial charge on any atom is -0.328 e. The summed E-state index contributed by atoms with van der Waals surface area (Å²) >= 11 is 0. The molecule has 3 nitrogen and oxygen atoms in total. The Balaban J connectivity index is 2.17. The molecule has 0 unspecified atom stereocenters. The Hall–Kier alpha value is -0.870. The zero-order chi connectivity index (χ0) is 11.8. The largest absolute Gasteiger partial charge is 0.328 e. The van der Waals surface area contributed by atoms with E-state index in [4.69, 9.17) is 5.73 Å². The maximum absolute atomic E-state index is 11.6. The molecule has 0 atom stereocenters. The molecule has 1 aromatic carbocycles. The van der Waals surface area contributed by atoms with Gasteiger partial charge in [-0.15, -0.1) is 0 Å². The van der Waals surface area contributed by atoms with Gasteiger partial charge in [0.25, 0.3) is 0 Å². The summed E-state index contributed by atoms with van der Waals surface area (Å²) in [5.41, 5.74) is 6.94. The van der Waals surface area contributed by atoms with Gasteiger partial charge in [0.15, 0.2) is 9.84 Å². The second kappa shape index (κ2) is 4.18. The third kappa shape index (κ3) is 2.13. The van der Waals surface area contributed by atoms with E-state index in [1.165, 1.54) is 5.56 Å². The minimum absolute atomic E-state index is 0.153. The summed E-state index contributed by atoms with van der Waals surface area (Å²) in [6, 6.07) is 7.57. The van der Waals surface area contributed by atoms with Gasteiger partial charge in [0.2, 0.25) is 0 Å². The molecule has 0 aliphatic heterocycles. The van der Waals surface area contributed by atoms with E-state index in [0.29, 0.717) is 16.9 Å². The summed E-state index contributed by atoms with van der Waals surface area (Å²) in [5, 5.41) is 0. The highest BCUT2D eigenvalue weighted by Crippen LogP contribution is 2.35. The normalized spacial score (nSPS) is 25.1. The average molecular weight is 239 g/mol. The second-order valence-corrected chi connectivity index (χ2v) is 6.68. The molecular formula is C12H17NO2S. The van der Waals surface area contributed by atoms with Crippen LogP contribution in [0.2, 0.25) is 0 Å². The van der Waals surface area contributed by atoms with Crippen molar-refractivity contribution < 1.29 is 8.42 Å². The van der Waals surface area contributed by atoms with Crippen LogP contribution in [0.4, 0.5) is 0 Å². The van der Waals surface area contributed by atoms with Gasteiger partial charge in [0.1, 0.15) is 0 Å². The minimum atomic E-state index is -3.06.